The van der Waals surface area contributed by atoms with E-state index in [0.717, 1.165) is 41.6 Å². The molecule has 0 saturated carbocycles. The van der Waals surface area contributed by atoms with Crippen LogP contribution in [0.3, 0.4) is 0 Å². The van der Waals surface area contributed by atoms with Crippen molar-refractivity contribution in [2.24, 2.45) is 0 Å². The Morgan fingerprint density at radius 3 is 2.83 bits per heavy atom. The summed E-state index contributed by atoms with van der Waals surface area (Å²) in [4.78, 5) is 12.7. The normalized spacial score (nSPS) is 15.5. The maximum atomic E-state index is 12.7. The minimum atomic E-state index is 0.0196. The Labute approximate surface area is 181 Å². The van der Waals surface area contributed by atoms with E-state index in [4.69, 9.17) is 4.74 Å². The van der Waals surface area contributed by atoms with Gasteiger partial charge >= 0.3 is 0 Å². The highest BCUT2D eigenvalue weighted by atomic mass is 32.2. The van der Waals surface area contributed by atoms with Crippen LogP contribution in [-0.4, -0.2) is 33.5 Å². The Bertz CT molecular complexity index is 1030. The van der Waals surface area contributed by atoms with Gasteiger partial charge in [-0.2, -0.15) is 0 Å². The van der Waals surface area contributed by atoms with Crippen LogP contribution < -0.4 is 10.1 Å². The van der Waals surface area contributed by atoms with Gasteiger partial charge in [0.25, 0.3) is 0 Å². The predicted molar refractivity (Wildman–Crippen MR) is 119 cm³/mol. The molecule has 0 saturated heterocycles. The molecular weight excluding hydrogens is 396 g/mol. The number of para-hydroxylation sites is 1. The lowest BCUT2D eigenvalue weighted by Crippen LogP contribution is -2.32. The number of carbonyl (C=O) groups is 1. The Balaban J connectivity index is 1.45. The van der Waals surface area contributed by atoms with Crippen molar-refractivity contribution in [2.45, 2.75) is 43.9 Å². The van der Waals surface area contributed by atoms with Crippen LogP contribution in [0.4, 0.5) is 0 Å². The zero-order valence-electron chi connectivity index (χ0n) is 17.3. The molecule has 2 aromatic carbocycles. The highest BCUT2D eigenvalue weighted by Gasteiger charge is 2.22. The maximum Gasteiger partial charge on any atom is 0.230 e. The zero-order valence-corrected chi connectivity index (χ0v) is 18.1. The molecule has 156 valence electrons. The standard InChI is InChI=1S/C23H26N4O2S/c1-3-27-22(18-12-6-7-14-20(18)29-2)25-26-23(27)30-15-21(28)24-19-13-8-10-16-9-4-5-11-17(16)19/h4-7,9,11-12,14,19H,3,8,10,13,15H2,1-2H3,(H,24,28)/t19-/m0/s1. The summed E-state index contributed by atoms with van der Waals surface area (Å²) in [7, 11) is 1.65. The fraction of sp³-hybridized carbons (Fsp3) is 0.348. The molecule has 1 amide bonds. The molecule has 1 aliphatic rings. The second kappa shape index (κ2) is 9.34. The molecule has 0 spiro atoms. The number of thioether (sulfide) groups is 1. The first-order chi connectivity index (χ1) is 14.7. The largest absolute Gasteiger partial charge is 0.496 e. The first kappa shape index (κ1) is 20.5. The number of hydrogen-bond donors (Lipinski definition) is 1. The molecule has 0 bridgehead atoms. The highest BCUT2D eigenvalue weighted by molar-refractivity contribution is 7.99. The van der Waals surface area contributed by atoms with Gasteiger partial charge in [0.05, 0.1) is 24.5 Å². The van der Waals surface area contributed by atoms with Crippen LogP contribution >= 0.6 is 11.8 Å². The summed E-state index contributed by atoms with van der Waals surface area (Å²) in [6.07, 6.45) is 3.17. The van der Waals surface area contributed by atoms with Gasteiger partial charge in [-0.15, -0.1) is 10.2 Å². The topological polar surface area (TPSA) is 69.0 Å². The lowest BCUT2D eigenvalue weighted by molar-refractivity contribution is -0.119. The van der Waals surface area contributed by atoms with Crippen LogP contribution in [0.25, 0.3) is 11.4 Å². The molecule has 1 atom stereocenters. The molecule has 7 heteroatoms. The van der Waals surface area contributed by atoms with Gasteiger partial charge in [0, 0.05) is 6.54 Å². The molecule has 0 radical (unpaired) electrons. The van der Waals surface area contributed by atoms with Gasteiger partial charge in [-0.3, -0.25) is 4.79 Å². The van der Waals surface area contributed by atoms with Crippen molar-refractivity contribution in [3.05, 3.63) is 59.7 Å². The number of fused-ring (bicyclic) bond motifs is 1. The molecule has 1 N–H and O–H groups in total. The van der Waals surface area contributed by atoms with Crippen molar-refractivity contribution in [3.8, 4) is 17.1 Å². The third kappa shape index (κ3) is 4.21. The fourth-order valence-electron chi connectivity index (χ4n) is 3.98. The summed E-state index contributed by atoms with van der Waals surface area (Å²) >= 11 is 1.42. The number of rotatable bonds is 7. The van der Waals surface area contributed by atoms with E-state index < -0.39 is 0 Å². The predicted octanol–water partition coefficient (Wildman–Crippen LogP) is 4.26. The first-order valence-electron chi connectivity index (χ1n) is 10.3. The quantitative estimate of drug-likeness (QED) is 0.576. The number of aromatic nitrogens is 3. The van der Waals surface area contributed by atoms with Gasteiger partial charge < -0.3 is 14.6 Å². The van der Waals surface area contributed by atoms with Gasteiger partial charge in [0.1, 0.15) is 5.75 Å². The first-order valence-corrected chi connectivity index (χ1v) is 11.3. The third-order valence-corrected chi connectivity index (χ3v) is 6.38. The second-order valence-electron chi connectivity index (χ2n) is 7.25. The minimum absolute atomic E-state index is 0.0196. The van der Waals surface area contributed by atoms with Gasteiger partial charge in [0.2, 0.25) is 5.91 Å². The fourth-order valence-corrected chi connectivity index (χ4v) is 4.79. The molecule has 1 heterocycles. The number of methoxy groups -OCH3 is 1. The average Bonchev–Trinajstić information content (AvgIpc) is 3.20. The maximum absolute atomic E-state index is 12.7. The Hall–Kier alpha value is -2.80. The van der Waals surface area contributed by atoms with E-state index >= 15 is 0 Å². The number of nitrogens with zero attached hydrogens (tertiary/aromatic N) is 3. The van der Waals surface area contributed by atoms with Gasteiger partial charge in [-0.1, -0.05) is 48.2 Å². The summed E-state index contributed by atoms with van der Waals surface area (Å²) in [6.45, 7) is 2.76. The Morgan fingerprint density at radius 1 is 1.20 bits per heavy atom. The number of benzene rings is 2. The number of carbonyl (C=O) groups excluding carboxylic acids is 1. The summed E-state index contributed by atoms with van der Waals surface area (Å²) in [5, 5.41) is 12.6. The van der Waals surface area contributed by atoms with Gasteiger partial charge in [0.15, 0.2) is 11.0 Å². The molecule has 0 fully saturated rings. The number of hydrogen-bond acceptors (Lipinski definition) is 5. The highest BCUT2D eigenvalue weighted by Crippen LogP contribution is 2.32. The smallest absolute Gasteiger partial charge is 0.230 e. The van der Waals surface area contributed by atoms with Crippen LogP contribution in [0.2, 0.25) is 0 Å². The average molecular weight is 423 g/mol. The van der Waals surface area contributed by atoms with E-state index in [1.807, 2.05) is 41.8 Å². The molecule has 0 unspecified atom stereocenters. The Kier molecular flexibility index (Phi) is 6.38. The van der Waals surface area contributed by atoms with E-state index in [9.17, 15) is 4.79 Å². The molecule has 1 aromatic heterocycles. The molecule has 6 nitrogen and oxygen atoms in total. The molecule has 3 aromatic rings. The summed E-state index contributed by atoms with van der Waals surface area (Å²) in [5.74, 6) is 1.83. The van der Waals surface area contributed by atoms with Crippen molar-refractivity contribution in [1.82, 2.24) is 20.1 Å². The second-order valence-corrected chi connectivity index (χ2v) is 8.19. The summed E-state index contributed by atoms with van der Waals surface area (Å²) in [6, 6.07) is 16.2. The lowest BCUT2D eigenvalue weighted by Gasteiger charge is -2.26. The van der Waals surface area contributed by atoms with E-state index in [0.29, 0.717) is 12.3 Å². The summed E-state index contributed by atoms with van der Waals surface area (Å²) < 4.78 is 7.49. The van der Waals surface area contributed by atoms with Gasteiger partial charge in [-0.25, -0.2) is 0 Å². The van der Waals surface area contributed by atoms with Crippen molar-refractivity contribution in [2.75, 3.05) is 12.9 Å². The van der Waals surface area contributed by atoms with Crippen molar-refractivity contribution in [3.63, 3.8) is 0 Å². The SMILES string of the molecule is CCn1c(SCC(=O)N[C@H]2CCCc3ccccc32)nnc1-c1ccccc1OC. The Morgan fingerprint density at radius 2 is 2.00 bits per heavy atom. The van der Waals surface area contributed by atoms with Crippen LogP contribution in [0.15, 0.2) is 53.7 Å². The van der Waals surface area contributed by atoms with Crippen LogP contribution in [0.5, 0.6) is 5.75 Å². The minimum Gasteiger partial charge on any atom is -0.496 e. The van der Waals surface area contributed by atoms with E-state index in [1.54, 1.807) is 7.11 Å². The van der Waals surface area contributed by atoms with Crippen molar-refractivity contribution in [1.29, 1.82) is 0 Å². The van der Waals surface area contributed by atoms with Gasteiger partial charge in [-0.05, 0) is 49.4 Å². The van der Waals surface area contributed by atoms with E-state index in [1.165, 1.54) is 22.9 Å². The third-order valence-electron chi connectivity index (χ3n) is 5.42. The van der Waals surface area contributed by atoms with E-state index in [2.05, 4.69) is 33.7 Å². The monoisotopic (exact) mass is 422 g/mol. The van der Waals surface area contributed by atoms with Crippen LogP contribution in [-0.2, 0) is 17.8 Å². The van der Waals surface area contributed by atoms with Crippen molar-refractivity contribution >= 4 is 17.7 Å². The summed E-state index contributed by atoms with van der Waals surface area (Å²) in [5.41, 5.74) is 3.48. The van der Waals surface area contributed by atoms with Crippen LogP contribution in [0.1, 0.15) is 36.9 Å². The van der Waals surface area contributed by atoms with E-state index in [-0.39, 0.29) is 11.9 Å². The number of amides is 1. The number of nitrogens with one attached hydrogen (secondary N) is 1. The lowest BCUT2D eigenvalue weighted by atomic mass is 9.88. The molecule has 30 heavy (non-hydrogen) atoms. The molecule has 4 rings (SSSR count). The number of ether oxygens (including phenoxy) is 1. The molecule has 1 aliphatic carbocycles. The van der Waals surface area contributed by atoms with Crippen molar-refractivity contribution < 1.29 is 9.53 Å². The van der Waals surface area contributed by atoms with Crippen LogP contribution in [0, 0.1) is 0 Å². The molecule has 0 aliphatic heterocycles. The number of aryl methyl sites for hydroxylation is 1. The molecular formula is C23H26N4O2S. The zero-order chi connectivity index (χ0) is 20.9.